The lowest BCUT2D eigenvalue weighted by Gasteiger charge is -2.18. The second-order valence-corrected chi connectivity index (χ2v) is 8.49. The van der Waals surface area contributed by atoms with Gasteiger partial charge in [0.05, 0.1) is 44.0 Å². The van der Waals surface area contributed by atoms with Crippen molar-refractivity contribution in [2.24, 2.45) is 4.99 Å². The number of hydrogen-bond acceptors (Lipinski definition) is 8. The van der Waals surface area contributed by atoms with Crippen molar-refractivity contribution in [1.82, 2.24) is 0 Å². The average Bonchev–Trinajstić information content (AvgIpc) is 2.92. The van der Waals surface area contributed by atoms with E-state index in [9.17, 15) is 4.79 Å². The molecule has 1 aliphatic heterocycles. The summed E-state index contributed by atoms with van der Waals surface area (Å²) >= 11 is 0. The second kappa shape index (κ2) is 13.7. The number of anilines is 1. The Morgan fingerprint density at radius 3 is 2.34 bits per heavy atom. The maximum absolute atomic E-state index is 13.2. The molecule has 0 unspecified atom stereocenters. The minimum Gasteiger partial charge on any atom is -0.460 e. The highest BCUT2D eigenvalue weighted by atomic mass is 16.6. The molecule has 0 saturated carbocycles. The lowest BCUT2D eigenvalue weighted by atomic mass is 9.90. The summed E-state index contributed by atoms with van der Waals surface area (Å²) in [5.74, 6) is 0.236. The van der Waals surface area contributed by atoms with Crippen molar-refractivity contribution in [3.8, 4) is 22.5 Å². The monoisotopic (exact) mass is 518 g/mol. The van der Waals surface area contributed by atoms with Crippen molar-refractivity contribution in [2.75, 3.05) is 58.5 Å². The van der Waals surface area contributed by atoms with Crippen LogP contribution in [-0.4, -0.2) is 58.8 Å². The van der Waals surface area contributed by atoms with Crippen molar-refractivity contribution in [3.63, 3.8) is 0 Å². The van der Waals surface area contributed by atoms with Gasteiger partial charge < -0.3 is 29.1 Å². The molecule has 0 spiro atoms. The molecular formula is C30H34N2O6. The van der Waals surface area contributed by atoms with Crippen molar-refractivity contribution in [1.29, 1.82) is 0 Å². The van der Waals surface area contributed by atoms with Gasteiger partial charge in [0.25, 0.3) is 0 Å². The van der Waals surface area contributed by atoms with E-state index in [0.717, 1.165) is 27.4 Å². The zero-order chi connectivity index (χ0) is 26.7. The van der Waals surface area contributed by atoms with Gasteiger partial charge >= 0.3 is 5.97 Å². The number of fused-ring (bicyclic) bond motifs is 2. The molecule has 1 aliphatic carbocycles. The second-order valence-electron chi connectivity index (χ2n) is 8.49. The molecule has 2 aromatic rings. The van der Waals surface area contributed by atoms with E-state index < -0.39 is 5.97 Å². The van der Waals surface area contributed by atoms with Crippen LogP contribution in [0.5, 0.6) is 0 Å². The number of hydrogen-bond donors (Lipinski definition) is 1. The predicted octanol–water partition coefficient (Wildman–Crippen LogP) is 4.93. The van der Waals surface area contributed by atoms with Crippen LogP contribution in [-0.2, 0) is 18.9 Å². The first-order valence-electron chi connectivity index (χ1n) is 12.9. The Bertz CT molecular complexity index is 1400. The number of carbonyl (C=O) groups excluding carboxylic acids is 1. The first-order chi connectivity index (χ1) is 18.6. The van der Waals surface area contributed by atoms with Crippen LogP contribution < -0.4 is 11.1 Å². The molecule has 8 nitrogen and oxygen atoms in total. The largest absolute Gasteiger partial charge is 0.460 e. The number of esters is 1. The molecule has 0 aromatic heterocycles. The van der Waals surface area contributed by atoms with E-state index in [2.05, 4.69) is 4.99 Å². The smallest absolute Gasteiger partial charge is 0.338 e. The lowest BCUT2D eigenvalue weighted by molar-refractivity contribution is 0.00183. The van der Waals surface area contributed by atoms with Crippen LogP contribution in [0.25, 0.3) is 33.4 Å². The fourth-order valence-electron chi connectivity index (χ4n) is 4.20. The molecule has 8 heteroatoms. The minimum absolute atomic E-state index is 0.135. The molecule has 0 atom stereocenters. The van der Waals surface area contributed by atoms with E-state index in [1.54, 1.807) is 12.1 Å². The highest BCUT2D eigenvalue weighted by molar-refractivity contribution is 6.08. The van der Waals surface area contributed by atoms with Gasteiger partial charge in [0, 0.05) is 47.5 Å². The van der Waals surface area contributed by atoms with Crippen LogP contribution in [0.2, 0.25) is 0 Å². The molecule has 2 aliphatic rings. The van der Waals surface area contributed by atoms with Gasteiger partial charge in [-0.05, 0) is 49.7 Å². The zero-order valence-corrected chi connectivity index (χ0v) is 21.9. The van der Waals surface area contributed by atoms with Gasteiger partial charge in [0.15, 0.2) is 0 Å². The molecule has 0 saturated heterocycles. The van der Waals surface area contributed by atoms with E-state index in [1.807, 2.05) is 62.4 Å². The number of nitrogens with two attached hydrogens (primary N) is 1. The summed E-state index contributed by atoms with van der Waals surface area (Å²) in [6.45, 7) is 7.65. The maximum Gasteiger partial charge on any atom is 0.338 e. The summed E-state index contributed by atoms with van der Waals surface area (Å²) in [5.41, 5.74) is 10.2. The SMILES string of the molecule is CCN=c1ccc2c(-c3ccccc3C(=O)OCCOCCOCCOCC)c3ccc(N)cc3oc-2c1. The average molecular weight is 519 g/mol. The third-order valence-electron chi connectivity index (χ3n) is 5.90. The van der Waals surface area contributed by atoms with Gasteiger partial charge in [0.1, 0.15) is 18.0 Å². The molecule has 1 heterocycles. The third-order valence-corrected chi connectivity index (χ3v) is 5.90. The predicted molar refractivity (Wildman–Crippen MR) is 147 cm³/mol. The zero-order valence-electron chi connectivity index (χ0n) is 21.9. The van der Waals surface area contributed by atoms with E-state index in [4.69, 9.17) is 29.1 Å². The van der Waals surface area contributed by atoms with Crippen LogP contribution in [0.3, 0.4) is 0 Å². The molecule has 0 amide bonds. The molecule has 0 radical (unpaired) electrons. The first-order valence-corrected chi connectivity index (χ1v) is 12.9. The Kier molecular flexibility index (Phi) is 9.86. The van der Waals surface area contributed by atoms with Gasteiger partial charge in [-0.2, -0.15) is 0 Å². The van der Waals surface area contributed by atoms with Gasteiger partial charge in [-0.1, -0.05) is 18.2 Å². The quantitative estimate of drug-likeness (QED) is 0.116. The van der Waals surface area contributed by atoms with Crippen LogP contribution >= 0.6 is 0 Å². The Hall–Kier alpha value is -3.72. The Balaban J connectivity index is 1.55. The van der Waals surface area contributed by atoms with E-state index >= 15 is 0 Å². The molecule has 0 bridgehead atoms. The highest BCUT2D eigenvalue weighted by Crippen LogP contribution is 2.41. The Morgan fingerprint density at radius 2 is 1.58 bits per heavy atom. The molecule has 38 heavy (non-hydrogen) atoms. The summed E-state index contributed by atoms with van der Waals surface area (Å²) < 4.78 is 27.9. The summed E-state index contributed by atoms with van der Waals surface area (Å²) in [6.07, 6.45) is 0. The molecule has 2 N–H and O–H groups in total. The van der Waals surface area contributed by atoms with Crippen LogP contribution in [0.15, 0.2) is 70.1 Å². The number of benzene rings is 3. The van der Waals surface area contributed by atoms with E-state index in [1.165, 1.54) is 0 Å². The molecular weight excluding hydrogens is 484 g/mol. The molecule has 2 aromatic carbocycles. The standard InChI is InChI=1S/C30H34N2O6/c1-3-32-22-10-12-26-28(20-22)38-27-19-21(31)9-11-25(27)29(26)23-7-5-6-8-24(23)30(33)37-18-17-36-16-15-35-14-13-34-4-2/h5-12,19-20H,3-4,13-18,31H2,1-2H3. The van der Waals surface area contributed by atoms with Crippen molar-refractivity contribution >= 4 is 22.6 Å². The third kappa shape index (κ3) is 6.77. The summed E-state index contributed by atoms with van der Waals surface area (Å²) in [6, 6.07) is 18.8. The van der Waals surface area contributed by atoms with Gasteiger partial charge in [-0.3, -0.25) is 4.99 Å². The fraction of sp³-hybridized carbons (Fsp3) is 0.333. The lowest BCUT2D eigenvalue weighted by Crippen LogP contribution is -2.14. The normalized spacial score (nSPS) is 11.9. The topological polar surface area (TPSA) is 106 Å². The number of nitrogens with zero attached hydrogens (tertiary/aromatic N) is 1. The Labute approximate surface area is 222 Å². The van der Waals surface area contributed by atoms with Gasteiger partial charge in [-0.25, -0.2) is 4.79 Å². The van der Waals surface area contributed by atoms with Crippen molar-refractivity contribution in [2.45, 2.75) is 13.8 Å². The van der Waals surface area contributed by atoms with Gasteiger partial charge in [0.2, 0.25) is 0 Å². The van der Waals surface area contributed by atoms with E-state index in [-0.39, 0.29) is 13.2 Å². The number of ether oxygens (including phenoxy) is 4. The van der Waals surface area contributed by atoms with Crippen LogP contribution in [0.1, 0.15) is 24.2 Å². The molecule has 4 rings (SSSR count). The molecule has 200 valence electrons. The van der Waals surface area contributed by atoms with Crippen molar-refractivity contribution in [3.05, 3.63) is 71.6 Å². The number of carbonyl (C=O) groups is 1. The summed E-state index contributed by atoms with van der Waals surface area (Å²) in [7, 11) is 0. The number of nitrogen functional groups attached to an aromatic ring is 1. The first kappa shape index (κ1) is 27.3. The number of rotatable bonds is 13. The van der Waals surface area contributed by atoms with Crippen molar-refractivity contribution < 1.29 is 28.2 Å². The van der Waals surface area contributed by atoms with Crippen LogP contribution in [0, 0.1) is 0 Å². The van der Waals surface area contributed by atoms with E-state index in [0.29, 0.717) is 62.2 Å². The summed E-state index contributed by atoms with van der Waals surface area (Å²) in [4.78, 5) is 17.7. The fourth-order valence-corrected chi connectivity index (χ4v) is 4.20. The van der Waals surface area contributed by atoms with Gasteiger partial charge in [-0.15, -0.1) is 0 Å². The maximum atomic E-state index is 13.2. The molecule has 0 fully saturated rings. The Morgan fingerprint density at radius 1 is 0.842 bits per heavy atom. The summed E-state index contributed by atoms with van der Waals surface area (Å²) in [5, 5.41) is 1.67. The minimum atomic E-state index is -0.424. The van der Waals surface area contributed by atoms with Crippen LogP contribution in [0.4, 0.5) is 5.69 Å². The highest BCUT2D eigenvalue weighted by Gasteiger charge is 2.22.